The zero-order chi connectivity index (χ0) is 25.3. The fourth-order valence-electron chi connectivity index (χ4n) is 4.96. The molecule has 3 aromatic rings. The molecule has 1 unspecified atom stereocenters. The van der Waals surface area contributed by atoms with E-state index >= 15 is 0 Å². The average molecular weight is 502 g/mol. The third-order valence-electron chi connectivity index (χ3n) is 6.92. The van der Waals surface area contributed by atoms with Crippen LogP contribution in [0.4, 0.5) is 10.5 Å². The van der Waals surface area contributed by atoms with Gasteiger partial charge >= 0.3 is 6.03 Å². The van der Waals surface area contributed by atoms with Crippen LogP contribution in [-0.4, -0.2) is 46.8 Å². The first-order chi connectivity index (χ1) is 17.3. The Balaban J connectivity index is 1.34. The zero-order valence-electron chi connectivity index (χ0n) is 20.0. The van der Waals surface area contributed by atoms with Crippen molar-refractivity contribution in [1.82, 2.24) is 9.80 Å². The fourth-order valence-corrected chi connectivity index (χ4v) is 5.15. The minimum absolute atomic E-state index is 0.147. The van der Waals surface area contributed by atoms with Crippen LogP contribution in [0.1, 0.15) is 25.3 Å². The van der Waals surface area contributed by atoms with Crippen LogP contribution in [0.2, 0.25) is 5.02 Å². The second-order valence-electron chi connectivity index (χ2n) is 9.33. The Labute approximate surface area is 215 Å². The van der Waals surface area contributed by atoms with Gasteiger partial charge in [0.05, 0.1) is 6.04 Å². The maximum absolute atomic E-state index is 13.7. The summed E-state index contributed by atoms with van der Waals surface area (Å²) < 4.78 is 0. The molecule has 0 spiro atoms. The van der Waals surface area contributed by atoms with Gasteiger partial charge in [-0.3, -0.25) is 9.69 Å². The molecule has 0 radical (unpaired) electrons. The van der Waals surface area contributed by atoms with Gasteiger partial charge in [-0.2, -0.15) is 0 Å². The molecule has 36 heavy (non-hydrogen) atoms. The molecule has 2 aliphatic rings. The number of rotatable bonds is 5. The maximum Gasteiger partial charge on any atom is 0.322 e. The van der Waals surface area contributed by atoms with Crippen molar-refractivity contribution < 1.29 is 9.59 Å². The summed E-state index contributed by atoms with van der Waals surface area (Å²) in [6.07, 6.45) is 1.66. The van der Waals surface area contributed by atoms with Crippen molar-refractivity contribution in [2.45, 2.75) is 31.3 Å². The van der Waals surface area contributed by atoms with E-state index in [1.807, 2.05) is 78.9 Å². The molecule has 1 fully saturated rings. The van der Waals surface area contributed by atoms with Gasteiger partial charge in [0.25, 0.3) is 5.91 Å². The quantitative estimate of drug-likeness (QED) is 0.511. The number of benzene rings is 3. The number of amides is 3. The Hall–Kier alpha value is -3.84. The number of nitrogens with one attached hydrogen (secondary N) is 1. The lowest BCUT2D eigenvalue weighted by Crippen LogP contribution is -2.50. The summed E-state index contributed by atoms with van der Waals surface area (Å²) in [7, 11) is 0. The van der Waals surface area contributed by atoms with Crippen molar-refractivity contribution in [3.63, 3.8) is 0 Å². The lowest BCUT2D eigenvalue weighted by atomic mass is 9.89. The van der Waals surface area contributed by atoms with Gasteiger partial charge in [0.2, 0.25) is 0 Å². The minimum atomic E-state index is -1.14. The molecule has 3 N–H and O–H groups in total. The van der Waals surface area contributed by atoms with Crippen LogP contribution in [0.15, 0.2) is 83.9 Å². The number of hydrogen-bond donors (Lipinski definition) is 2. The highest BCUT2D eigenvalue weighted by atomic mass is 35.5. The predicted molar refractivity (Wildman–Crippen MR) is 143 cm³/mol. The van der Waals surface area contributed by atoms with Crippen LogP contribution < -0.4 is 11.1 Å². The molecule has 5 rings (SSSR count). The summed E-state index contributed by atoms with van der Waals surface area (Å²) in [6.45, 7) is 2.72. The maximum atomic E-state index is 13.7. The zero-order valence-corrected chi connectivity index (χ0v) is 20.8. The molecule has 2 aliphatic heterocycles. The van der Waals surface area contributed by atoms with Crippen LogP contribution in [0.5, 0.6) is 0 Å². The van der Waals surface area contributed by atoms with E-state index in [1.165, 1.54) is 4.90 Å². The number of aliphatic imine (C=N–C) groups is 1. The number of nitrogens with two attached hydrogens (primary N) is 1. The number of likely N-dealkylation sites (tertiary alicyclic amines) is 1. The summed E-state index contributed by atoms with van der Waals surface area (Å²) in [5.74, 6) is -0.0236. The number of carbonyl (C=O) groups is 2. The number of anilines is 1. The lowest BCUT2D eigenvalue weighted by Gasteiger charge is -2.30. The Morgan fingerprint density at radius 1 is 1.08 bits per heavy atom. The molecule has 184 valence electrons. The van der Waals surface area contributed by atoms with E-state index in [1.54, 1.807) is 11.8 Å². The van der Waals surface area contributed by atoms with Crippen molar-refractivity contribution in [2.24, 2.45) is 10.7 Å². The van der Waals surface area contributed by atoms with Crippen LogP contribution >= 0.6 is 11.6 Å². The van der Waals surface area contributed by atoms with Gasteiger partial charge in [0.15, 0.2) is 11.5 Å². The highest BCUT2D eigenvalue weighted by molar-refractivity contribution is 6.30. The number of carbonyl (C=O) groups excluding carboxylic acids is 2. The topological polar surface area (TPSA) is 91.0 Å². The molecule has 3 aromatic carbocycles. The third-order valence-corrected chi connectivity index (χ3v) is 7.15. The second-order valence-corrected chi connectivity index (χ2v) is 9.77. The Bertz CT molecular complexity index is 1330. The van der Waals surface area contributed by atoms with Gasteiger partial charge in [-0.1, -0.05) is 60.1 Å². The summed E-state index contributed by atoms with van der Waals surface area (Å²) >= 11 is 6.18. The molecule has 7 nitrogen and oxygen atoms in total. The van der Waals surface area contributed by atoms with Gasteiger partial charge in [0, 0.05) is 23.8 Å². The van der Waals surface area contributed by atoms with E-state index in [9.17, 15) is 9.59 Å². The van der Waals surface area contributed by atoms with Crippen LogP contribution in [0, 0.1) is 0 Å². The first kappa shape index (κ1) is 23.9. The molecule has 2 atom stereocenters. The third kappa shape index (κ3) is 4.54. The number of halogens is 1. The van der Waals surface area contributed by atoms with E-state index in [4.69, 9.17) is 17.3 Å². The molecule has 8 heteroatoms. The van der Waals surface area contributed by atoms with Gasteiger partial charge in [-0.15, -0.1) is 0 Å². The predicted octanol–water partition coefficient (Wildman–Crippen LogP) is 5.08. The first-order valence-electron chi connectivity index (χ1n) is 12.0. The van der Waals surface area contributed by atoms with E-state index in [0.29, 0.717) is 18.1 Å². The number of para-hydroxylation sites is 1. The molecule has 0 aliphatic carbocycles. The van der Waals surface area contributed by atoms with Crippen molar-refractivity contribution in [3.8, 4) is 11.1 Å². The van der Waals surface area contributed by atoms with Crippen LogP contribution in [0.3, 0.4) is 0 Å². The summed E-state index contributed by atoms with van der Waals surface area (Å²) in [4.78, 5) is 34.5. The van der Waals surface area contributed by atoms with E-state index in [-0.39, 0.29) is 23.9 Å². The Morgan fingerprint density at radius 3 is 2.56 bits per heavy atom. The van der Waals surface area contributed by atoms with Crippen molar-refractivity contribution in [1.29, 1.82) is 0 Å². The monoisotopic (exact) mass is 501 g/mol. The SMILES string of the molecule is CC1(c2cccc(-c3cccc(Cl)c3)c2)N=C(N)N(C[C@H]2CCCN2C(=O)Nc2ccccc2)C1=O. The van der Waals surface area contributed by atoms with Gasteiger partial charge < -0.3 is 16.0 Å². The van der Waals surface area contributed by atoms with Gasteiger partial charge in [-0.05, 0) is 66.8 Å². The standard InChI is InChI=1S/C28H28ClN5O2/c1-28(21-10-5-8-19(16-21)20-9-6-11-22(29)17-20)25(35)34(26(30)32-28)18-24-14-7-15-33(24)27(36)31-23-12-3-2-4-13-23/h2-6,8-13,16-17,24H,7,14-15,18H2,1H3,(H2,30,32)(H,31,36)/t24-,28?/m1/s1. The normalized spacial score (nSPS) is 21.6. The Kier molecular flexibility index (Phi) is 6.41. The average Bonchev–Trinajstić information content (AvgIpc) is 3.44. The molecular formula is C28H28ClN5O2. The molecular weight excluding hydrogens is 474 g/mol. The molecule has 0 bridgehead atoms. The minimum Gasteiger partial charge on any atom is -0.369 e. The van der Waals surface area contributed by atoms with E-state index in [2.05, 4.69) is 10.3 Å². The molecule has 3 amide bonds. The lowest BCUT2D eigenvalue weighted by molar-refractivity contribution is -0.131. The second kappa shape index (κ2) is 9.66. The molecule has 0 aromatic heterocycles. The largest absolute Gasteiger partial charge is 0.369 e. The van der Waals surface area contributed by atoms with E-state index < -0.39 is 5.54 Å². The first-order valence-corrected chi connectivity index (χ1v) is 12.4. The van der Waals surface area contributed by atoms with Gasteiger partial charge in [0.1, 0.15) is 0 Å². The number of nitrogens with zero attached hydrogens (tertiary/aromatic N) is 3. The highest BCUT2D eigenvalue weighted by Crippen LogP contribution is 2.36. The summed E-state index contributed by atoms with van der Waals surface area (Å²) in [5.41, 5.74) is 8.53. The van der Waals surface area contributed by atoms with Crippen molar-refractivity contribution in [2.75, 3.05) is 18.4 Å². The summed E-state index contributed by atoms with van der Waals surface area (Å²) in [6, 6.07) is 24.3. The van der Waals surface area contributed by atoms with E-state index in [0.717, 1.165) is 35.2 Å². The Morgan fingerprint density at radius 2 is 1.81 bits per heavy atom. The number of guanidine groups is 1. The molecule has 1 saturated heterocycles. The smallest absolute Gasteiger partial charge is 0.322 e. The van der Waals surface area contributed by atoms with Crippen molar-refractivity contribution in [3.05, 3.63) is 89.4 Å². The van der Waals surface area contributed by atoms with Crippen LogP contribution in [0.25, 0.3) is 11.1 Å². The number of urea groups is 1. The highest BCUT2D eigenvalue weighted by Gasteiger charge is 2.47. The van der Waals surface area contributed by atoms with Crippen LogP contribution in [-0.2, 0) is 10.3 Å². The van der Waals surface area contributed by atoms with Crippen molar-refractivity contribution >= 4 is 35.2 Å². The van der Waals surface area contributed by atoms with Gasteiger partial charge in [-0.25, -0.2) is 9.79 Å². The number of hydrogen-bond acceptors (Lipinski definition) is 4. The fraction of sp³-hybridized carbons (Fsp3) is 0.250. The summed E-state index contributed by atoms with van der Waals surface area (Å²) in [5, 5.41) is 3.59. The molecule has 0 saturated carbocycles. The molecule has 2 heterocycles.